The molecule has 0 bridgehead atoms. The summed E-state index contributed by atoms with van der Waals surface area (Å²) in [6.07, 6.45) is -1.07. The maximum atomic E-state index is 13.1. The topological polar surface area (TPSA) is 69.3 Å². The van der Waals surface area contributed by atoms with E-state index in [2.05, 4.69) is 20.4 Å². The molecule has 1 atom stereocenters. The molecule has 0 aromatic carbocycles. The highest BCUT2D eigenvalue weighted by atomic mass is 35.5. The van der Waals surface area contributed by atoms with E-state index in [-0.39, 0.29) is 22.9 Å². The first kappa shape index (κ1) is 20.0. The van der Waals surface area contributed by atoms with Crippen LogP contribution < -0.4 is 5.32 Å². The van der Waals surface area contributed by atoms with Crippen molar-refractivity contribution in [2.24, 2.45) is 0 Å². The van der Waals surface area contributed by atoms with E-state index in [1.807, 2.05) is 33.3 Å². The van der Waals surface area contributed by atoms with Crippen LogP contribution in [0.1, 0.15) is 44.7 Å². The Hall–Kier alpha value is -2.33. The van der Waals surface area contributed by atoms with Crippen molar-refractivity contribution in [2.75, 3.05) is 11.9 Å². The number of halogens is 4. The van der Waals surface area contributed by atoms with Crippen LogP contribution in [0.2, 0.25) is 5.15 Å². The van der Waals surface area contributed by atoms with Crippen LogP contribution in [0.5, 0.6) is 0 Å². The van der Waals surface area contributed by atoms with Crippen molar-refractivity contribution in [3.63, 3.8) is 0 Å². The Morgan fingerprint density at radius 2 is 1.97 bits per heavy atom. The number of nitrogens with one attached hydrogen (secondary N) is 1. The normalized spacial score (nSPS) is 18.0. The van der Waals surface area contributed by atoms with Gasteiger partial charge in [-0.25, -0.2) is 14.6 Å². The van der Waals surface area contributed by atoms with Crippen molar-refractivity contribution in [3.8, 4) is 0 Å². The van der Waals surface area contributed by atoms with E-state index in [4.69, 9.17) is 16.3 Å². The van der Waals surface area contributed by atoms with Crippen LogP contribution in [0, 0.1) is 6.42 Å². The summed E-state index contributed by atoms with van der Waals surface area (Å²) < 4.78 is 47.9. The van der Waals surface area contributed by atoms with Crippen molar-refractivity contribution in [1.29, 1.82) is 0 Å². The van der Waals surface area contributed by atoms with Gasteiger partial charge in [0.1, 0.15) is 22.7 Å². The van der Waals surface area contributed by atoms with Crippen LogP contribution in [-0.2, 0) is 16.5 Å². The molecule has 7 nitrogen and oxygen atoms in total. The number of aromatic nitrogens is 5. The smallest absolute Gasteiger partial charge is 0.372 e. The third-order valence-electron chi connectivity index (χ3n) is 4.44. The average molecular weight is 428 g/mol. The second kappa shape index (κ2) is 6.88. The minimum atomic E-state index is -4.58. The zero-order valence-corrected chi connectivity index (χ0v) is 16.7. The molecule has 29 heavy (non-hydrogen) atoms. The quantitative estimate of drug-likeness (QED) is 0.610. The molecular weight excluding hydrogens is 409 g/mol. The lowest BCUT2D eigenvalue weighted by molar-refractivity contribution is -0.140. The Morgan fingerprint density at radius 3 is 2.59 bits per heavy atom. The molecule has 0 aliphatic carbocycles. The molecule has 155 valence electrons. The molecule has 0 saturated carbocycles. The molecule has 1 aliphatic heterocycles. The summed E-state index contributed by atoms with van der Waals surface area (Å²) >= 11 is 6.02. The average Bonchev–Trinajstić information content (AvgIpc) is 3.31. The predicted octanol–water partition coefficient (Wildman–Crippen LogP) is 4.76. The monoisotopic (exact) mass is 427 g/mol. The van der Waals surface area contributed by atoms with Gasteiger partial charge in [-0.2, -0.15) is 18.3 Å². The number of hydrogen-bond acceptors (Lipinski definition) is 5. The second-order valence-electron chi connectivity index (χ2n) is 7.76. The van der Waals surface area contributed by atoms with Gasteiger partial charge in [0.05, 0.1) is 17.8 Å². The van der Waals surface area contributed by atoms with Gasteiger partial charge in [-0.3, -0.25) is 4.40 Å². The molecule has 1 radical (unpaired) electrons. The number of rotatable bonds is 3. The summed E-state index contributed by atoms with van der Waals surface area (Å²) in [7, 11) is 0. The largest absolute Gasteiger partial charge is 0.434 e. The van der Waals surface area contributed by atoms with Crippen molar-refractivity contribution < 1.29 is 17.9 Å². The Kier molecular flexibility index (Phi) is 4.73. The molecule has 1 N–H and O–H groups in total. The highest BCUT2D eigenvalue weighted by molar-refractivity contribution is 6.29. The first-order valence-corrected chi connectivity index (χ1v) is 9.34. The standard InChI is InChI=1S/C18H19ClF3N6O/c1-17(2,3)28-15(7-10(26-28)11-5-4-6-29-11)25-16-24-13(19)8-14-23-12(9-27(14)16)18(20,21)22/h4,7-9,11H,5-6H2,1-3H3,(H,24,25)/t11-/m1/s1. The molecule has 4 rings (SSSR count). The SMILES string of the molecule is CC(C)(C)n1nc([C@H]2C[CH]CO2)cc1Nc1nc(Cl)cc2nc(C(F)(F)F)cn12. The molecule has 3 aromatic rings. The zero-order valence-electron chi connectivity index (χ0n) is 16.0. The molecule has 0 spiro atoms. The maximum Gasteiger partial charge on any atom is 0.434 e. The van der Waals surface area contributed by atoms with Crippen molar-refractivity contribution in [3.05, 3.63) is 41.3 Å². The molecule has 1 saturated heterocycles. The summed E-state index contributed by atoms with van der Waals surface area (Å²) in [5, 5.41) is 7.74. The van der Waals surface area contributed by atoms with Gasteiger partial charge in [0.2, 0.25) is 5.95 Å². The molecule has 0 unspecified atom stereocenters. The van der Waals surface area contributed by atoms with E-state index in [9.17, 15) is 13.2 Å². The number of anilines is 2. The van der Waals surface area contributed by atoms with Gasteiger partial charge in [-0.1, -0.05) is 11.6 Å². The molecule has 1 aliphatic rings. The number of alkyl halides is 3. The summed E-state index contributed by atoms with van der Waals surface area (Å²) in [6, 6.07) is 3.09. The van der Waals surface area contributed by atoms with Gasteiger partial charge in [0.15, 0.2) is 5.69 Å². The summed E-state index contributed by atoms with van der Waals surface area (Å²) in [6.45, 7) is 6.46. The molecular formula is C18H19ClF3N6O. The first-order valence-electron chi connectivity index (χ1n) is 8.96. The fourth-order valence-electron chi connectivity index (χ4n) is 3.13. The highest BCUT2D eigenvalue weighted by Gasteiger charge is 2.34. The van der Waals surface area contributed by atoms with E-state index in [1.54, 1.807) is 4.68 Å². The summed E-state index contributed by atoms with van der Waals surface area (Å²) in [5.41, 5.74) is -0.650. The molecule has 1 fully saturated rings. The number of hydrogen-bond donors (Lipinski definition) is 1. The van der Waals surface area contributed by atoms with Crippen LogP contribution in [0.3, 0.4) is 0 Å². The van der Waals surface area contributed by atoms with Gasteiger partial charge in [-0.15, -0.1) is 0 Å². The third kappa shape index (κ3) is 3.91. The number of nitrogens with zero attached hydrogens (tertiary/aromatic N) is 5. The van der Waals surface area contributed by atoms with Gasteiger partial charge in [0, 0.05) is 18.3 Å². The third-order valence-corrected chi connectivity index (χ3v) is 4.64. The van der Waals surface area contributed by atoms with Crippen molar-refractivity contribution in [2.45, 2.75) is 45.0 Å². The summed E-state index contributed by atoms with van der Waals surface area (Å²) in [5.74, 6) is 0.660. The van der Waals surface area contributed by atoms with Crippen LogP contribution in [0.15, 0.2) is 18.3 Å². The van der Waals surface area contributed by atoms with Gasteiger partial charge >= 0.3 is 6.18 Å². The second-order valence-corrected chi connectivity index (χ2v) is 8.15. The highest BCUT2D eigenvalue weighted by Crippen LogP contribution is 2.33. The van der Waals surface area contributed by atoms with E-state index >= 15 is 0 Å². The van der Waals surface area contributed by atoms with E-state index < -0.39 is 17.4 Å². The molecule has 3 aromatic heterocycles. The Balaban J connectivity index is 1.79. The Labute approximate surface area is 169 Å². The fraction of sp³-hybridized carbons (Fsp3) is 0.444. The number of ether oxygens (including phenoxy) is 1. The van der Waals surface area contributed by atoms with Crippen LogP contribution in [0.4, 0.5) is 24.9 Å². The van der Waals surface area contributed by atoms with Crippen LogP contribution in [-0.4, -0.2) is 30.8 Å². The van der Waals surface area contributed by atoms with Crippen molar-refractivity contribution in [1.82, 2.24) is 24.1 Å². The minimum Gasteiger partial charge on any atom is -0.372 e. The van der Waals surface area contributed by atoms with Gasteiger partial charge < -0.3 is 10.1 Å². The maximum absolute atomic E-state index is 13.1. The molecule has 4 heterocycles. The minimum absolute atomic E-state index is 0.0232. The lowest BCUT2D eigenvalue weighted by Crippen LogP contribution is -2.25. The predicted molar refractivity (Wildman–Crippen MR) is 101 cm³/mol. The van der Waals surface area contributed by atoms with E-state index in [1.165, 1.54) is 10.5 Å². The zero-order chi connectivity index (χ0) is 21.0. The molecule has 11 heteroatoms. The van der Waals surface area contributed by atoms with E-state index in [0.717, 1.165) is 18.3 Å². The summed E-state index contributed by atoms with van der Waals surface area (Å²) in [4.78, 5) is 7.77. The lowest BCUT2D eigenvalue weighted by atomic mass is 10.1. The number of fused-ring (bicyclic) bond motifs is 1. The van der Waals surface area contributed by atoms with Gasteiger partial charge in [0.25, 0.3) is 0 Å². The van der Waals surface area contributed by atoms with E-state index in [0.29, 0.717) is 12.4 Å². The van der Waals surface area contributed by atoms with Crippen molar-refractivity contribution >= 4 is 29.0 Å². The van der Waals surface area contributed by atoms with Gasteiger partial charge in [-0.05, 0) is 33.6 Å². The lowest BCUT2D eigenvalue weighted by Gasteiger charge is -2.22. The number of imidazole rings is 1. The fourth-order valence-corrected chi connectivity index (χ4v) is 3.31. The Bertz CT molecular complexity index is 1050. The van der Waals surface area contributed by atoms with Crippen LogP contribution in [0.25, 0.3) is 5.65 Å². The van der Waals surface area contributed by atoms with Crippen LogP contribution >= 0.6 is 11.6 Å². The molecule has 0 amide bonds. The Morgan fingerprint density at radius 1 is 1.21 bits per heavy atom. The first-order chi connectivity index (χ1) is 13.5.